The Morgan fingerprint density at radius 1 is 1.28 bits per heavy atom. The lowest BCUT2D eigenvalue weighted by molar-refractivity contribution is -0.139. The molecule has 1 atom stereocenters. The zero-order chi connectivity index (χ0) is 21.0. The van der Waals surface area contributed by atoms with Gasteiger partial charge in [-0.15, -0.1) is 0 Å². The number of hydrazone groups is 1. The molecule has 1 fully saturated rings. The third kappa shape index (κ3) is 5.05. The number of halogens is 1. The second-order valence-electron chi connectivity index (χ2n) is 7.14. The number of amides is 2. The van der Waals surface area contributed by atoms with Crippen LogP contribution in [0.4, 0.5) is 0 Å². The fourth-order valence-corrected chi connectivity index (χ4v) is 3.51. The SMILES string of the molecule is Cc1ccc(-n2c(C)cc(/C=N\NC(=O)C(=O)NC[C@@H]3CCCO3)c2C)cc1Cl. The van der Waals surface area contributed by atoms with Crippen molar-refractivity contribution >= 4 is 29.6 Å². The molecule has 2 N–H and O–H groups in total. The Bertz CT molecular complexity index is 946. The summed E-state index contributed by atoms with van der Waals surface area (Å²) in [5.74, 6) is -1.53. The van der Waals surface area contributed by atoms with Crippen LogP contribution in [0.5, 0.6) is 0 Å². The van der Waals surface area contributed by atoms with Crippen LogP contribution >= 0.6 is 11.6 Å². The van der Waals surface area contributed by atoms with Crippen LogP contribution in [0.15, 0.2) is 29.4 Å². The fraction of sp³-hybridized carbons (Fsp3) is 0.381. The van der Waals surface area contributed by atoms with E-state index in [1.807, 2.05) is 45.0 Å². The molecule has 1 aromatic carbocycles. The molecule has 0 aliphatic carbocycles. The van der Waals surface area contributed by atoms with Gasteiger partial charge in [0.15, 0.2) is 0 Å². The van der Waals surface area contributed by atoms with Crippen molar-refractivity contribution < 1.29 is 14.3 Å². The Kier molecular flexibility index (Phi) is 6.71. The van der Waals surface area contributed by atoms with Crippen LogP contribution in [-0.4, -0.2) is 41.9 Å². The first-order valence-corrected chi connectivity index (χ1v) is 9.93. The average molecular weight is 417 g/mol. The van der Waals surface area contributed by atoms with E-state index in [1.54, 1.807) is 0 Å². The predicted molar refractivity (Wildman–Crippen MR) is 113 cm³/mol. The molecule has 29 heavy (non-hydrogen) atoms. The molecular formula is C21H25ClN4O3. The van der Waals surface area contributed by atoms with Crippen LogP contribution in [0.1, 0.15) is 35.4 Å². The van der Waals surface area contributed by atoms with Gasteiger partial charge in [-0.05, 0) is 57.4 Å². The number of hydrogen-bond donors (Lipinski definition) is 2. The van der Waals surface area contributed by atoms with Crippen molar-refractivity contribution in [2.45, 2.75) is 39.7 Å². The Labute approximate surface area is 175 Å². The lowest BCUT2D eigenvalue weighted by Gasteiger charge is -2.11. The lowest BCUT2D eigenvalue weighted by atomic mass is 10.2. The van der Waals surface area contributed by atoms with Crippen LogP contribution in [0.2, 0.25) is 5.02 Å². The molecule has 2 aromatic rings. The summed E-state index contributed by atoms with van der Waals surface area (Å²) in [7, 11) is 0. The molecule has 0 radical (unpaired) electrons. The van der Waals surface area contributed by atoms with E-state index in [4.69, 9.17) is 16.3 Å². The summed E-state index contributed by atoms with van der Waals surface area (Å²) in [5, 5.41) is 7.19. The number of rotatable bonds is 5. The average Bonchev–Trinajstić information content (AvgIpc) is 3.30. The first-order chi connectivity index (χ1) is 13.9. The highest BCUT2D eigenvalue weighted by Gasteiger charge is 2.19. The van der Waals surface area contributed by atoms with Crippen LogP contribution in [0.3, 0.4) is 0 Å². The summed E-state index contributed by atoms with van der Waals surface area (Å²) in [4.78, 5) is 23.7. The Balaban J connectivity index is 1.62. The van der Waals surface area contributed by atoms with E-state index in [2.05, 4.69) is 20.4 Å². The summed E-state index contributed by atoms with van der Waals surface area (Å²) in [6.45, 7) is 6.92. The van der Waals surface area contributed by atoms with Gasteiger partial charge < -0.3 is 14.6 Å². The molecule has 1 aliphatic heterocycles. The van der Waals surface area contributed by atoms with Gasteiger partial charge in [-0.1, -0.05) is 17.7 Å². The highest BCUT2D eigenvalue weighted by atomic mass is 35.5. The Morgan fingerprint density at radius 3 is 2.76 bits per heavy atom. The van der Waals surface area contributed by atoms with Crippen molar-refractivity contribution in [3.8, 4) is 5.69 Å². The van der Waals surface area contributed by atoms with Gasteiger partial charge in [-0.2, -0.15) is 5.10 Å². The van der Waals surface area contributed by atoms with Crippen molar-refractivity contribution in [2.24, 2.45) is 5.10 Å². The van der Waals surface area contributed by atoms with E-state index < -0.39 is 11.8 Å². The van der Waals surface area contributed by atoms with E-state index in [-0.39, 0.29) is 6.10 Å². The van der Waals surface area contributed by atoms with Gasteiger partial charge in [0.05, 0.1) is 12.3 Å². The van der Waals surface area contributed by atoms with Crippen LogP contribution < -0.4 is 10.7 Å². The molecular weight excluding hydrogens is 392 g/mol. The van der Waals surface area contributed by atoms with Crippen LogP contribution in [-0.2, 0) is 14.3 Å². The molecule has 7 nitrogen and oxygen atoms in total. The number of aromatic nitrogens is 1. The van der Waals surface area contributed by atoms with Crippen molar-refractivity contribution in [3.05, 3.63) is 51.8 Å². The summed E-state index contributed by atoms with van der Waals surface area (Å²) >= 11 is 6.26. The number of ether oxygens (including phenoxy) is 1. The Morgan fingerprint density at radius 2 is 2.07 bits per heavy atom. The molecule has 154 valence electrons. The number of carbonyl (C=O) groups excluding carboxylic acids is 2. The molecule has 0 bridgehead atoms. The van der Waals surface area contributed by atoms with Crippen molar-refractivity contribution in [3.63, 3.8) is 0 Å². The predicted octanol–water partition coefficient (Wildman–Crippen LogP) is 2.80. The topological polar surface area (TPSA) is 84.7 Å². The maximum atomic E-state index is 11.9. The standard InChI is InChI=1S/C21H25ClN4O3/c1-13-6-7-17(10-19(13)22)26-14(2)9-16(15(26)3)11-24-25-21(28)20(27)23-12-18-5-4-8-29-18/h6-7,9-11,18H,4-5,8,12H2,1-3H3,(H,23,27)(H,25,28)/b24-11-/t18-/m0/s1. The van der Waals surface area contributed by atoms with Gasteiger partial charge >= 0.3 is 11.8 Å². The summed E-state index contributed by atoms with van der Waals surface area (Å²) < 4.78 is 7.47. The van der Waals surface area contributed by atoms with Crippen molar-refractivity contribution in [1.29, 1.82) is 0 Å². The number of carbonyl (C=O) groups is 2. The molecule has 2 amide bonds. The number of hydrogen-bond acceptors (Lipinski definition) is 4. The third-order valence-electron chi connectivity index (χ3n) is 4.97. The lowest BCUT2D eigenvalue weighted by Crippen LogP contribution is -2.41. The summed E-state index contributed by atoms with van der Waals surface area (Å²) in [5.41, 5.74) is 7.02. The molecule has 1 aliphatic rings. The highest BCUT2D eigenvalue weighted by molar-refractivity contribution is 6.35. The van der Waals surface area contributed by atoms with E-state index in [0.29, 0.717) is 18.2 Å². The minimum Gasteiger partial charge on any atom is -0.376 e. The van der Waals surface area contributed by atoms with Gasteiger partial charge in [0.2, 0.25) is 0 Å². The van der Waals surface area contributed by atoms with E-state index in [9.17, 15) is 9.59 Å². The molecule has 0 saturated carbocycles. The molecule has 8 heteroatoms. The monoisotopic (exact) mass is 416 g/mol. The number of nitrogens with one attached hydrogen (secondary N) is 2. The molecule has 1 saturated heterocycles. The quantitative estimate of drug-likeness (QED) is 0.446. The number of nitrogens with zero attached hydrogens (tertiary/aromatic N) is 2. The maximum Gasteiger partial charge on any atom is 0.329 e. The van der Waals surface area contributed by atoms with E-state index in [1.165, 1.54) is 6.21 Å². The first kappa shape index (κ1) is 21.1. The maximum absolute atomic E-state index is 11.9. The van der Waals surface area contributed by atoms with Gasteiger partial charge in [0, 0.05) is 40.8 Å². The minimum absolute atomic E-state index is 0.0177. The first-order valence-electron chi connectivity index (χ1n) is 9.55. The highest BCUT2D eigenvalue weighted by Crippen LogP contribution is 2.24. The van der Waals surface area contributed by atoms with Gasteiger partial charge in [-0.25, -0.2) is 5.43 Å². The molecule has 3 rings (SSSR count). The number of aryl methyl sites for hydroxylation is 2. The molecule has 0 unspecified atom stereocenters. The minimum atomic E-state index is -0.807. The van der Waals surface area contributed by atoms with Gasteiger partial charge in [0.1, 0.15) is 0 Å². The van der Waals surface area contributed by atoms with Crippen molar-refractivity contribution in [1.82, 2.24) is 15.3 Å². The second-order valence-corrected chi connectivity index (χ2v) is 7.55. The normalized spacial score (nSPS) is 16.3. The van der Waals surface area contributed by atoms with Crippen LogP contribution in [0, 0.1) is 20.8 Å². The zero-order valence-corrected chi connectivity index (χ0v) is 17.5. The third-order valence-corrected chi connectivity index (χ3v) is 5.38. The fourth-order valence-electron chi connectivity index (χ4n) is 3.34. The largest absolute Gasteiger partial charge is 0.376 e. The molecule has 0 spiro atoms. The van der Waals surface area contributed by atoms with Gasteiger partial charge in [0.25, 0.3) is 0 Å². The molecule has 2 heterocycles. The van der Waals surface area contributed by atoms with E-state index >= 15 is 0 Å². The van der Waals surface area contributed by atoms with Crippen LogP contribution in [0.25, 0.3) is 5.69 Å². The van der Waals surface area contributed by atoms with E-state index in [0.717, 1.165) is 41.0 Å². The van der Waals surface area contributed by atoms with Crippen molar-refractivity contribution in [2.75, 3.05) is 13.2 Å². The van der Waals surface area contributed by atoms with Gasteiger partial charge in [-0.3, -0.25) is 9.59 Å². The summed E-state index contributed by atoms with van der Waals surface area (Å²) in [6.07, 6.45) is 3.38. The summed E-state index contributed by atoms with van der Waals surface area (Å²) in [6, 6.07) is 7.84. The second kappa shape index (κ2) is 9.24. The molecule has 1 aromatic heterocycles. The zero-order valence-electron chi connectivity index (χ0n) is 16.8. The smallest absolute Gasteiger partial charge is 0.329 e. The Hall–Kier alpha value is -2.64. The number of benzene rings is 1.